The van der Waals surface area contributed by atoms with E-state index in [0.717, 1.165) is 6.42 Å². The van der Waals surface area contributed by atoms with Gasteiger partial charge in [0.05, 0.1) is 17.5 Å². The summed E-state index contributed by atoms with van der Waals surface area (Å²) >= 11 is 3.49. The summed E-state index contributed by atoms with van der Waals surface area (Å²) in [5.74, 6) is 0.450. The molecule has 2 rings (SSSR count). The first-order chi connectivity index (χ1) is 10.8. The Morgan fingerprint density at radius 1 is 1.14 bits per heavy atom. The molecule has 1 aliphatic carbocycles. The number of hydrogen-bond donors (Lipinski definition) is 0. The quantitative estimate of drug-likeness (QED) is 0.358. The zero-order valence-corrected chi connectivity index (χ0v) is 14.6. The topological polar surface area (TPSA) is 18.5 Å². The Hall–Kier alpha value is -0.900. The molecular weight excluding hydrogens is 340 g/mol. The molecule has 22 heavy (non-hydrogen) atoms. The van der Waals surface area contributed by atoms with Gasteiger partial charge >= 0.3 is 0 Å². The first kappa shape index (κ1) is 17.5. The highest BCUT2D eigenvalue weighted by atomic mass is 79.9. The van der Waals surface area contributed by atoms with Gasteiger partial charge in [0, 0.05) is 5.92 Å². The zero-order chi connectivity index (χ0) is 15.8. The fourth-order valence-corrected chi connectivity index (χ4v) is 3.33. The van der Waals surface area contributed by atoms with Crippen LogP contribution in [0.3, 0.4) is 0 Å². The van der Waals surface area contributed by atoms with Crippen molar-refractivity contribution >= 4 is 15.9 Å². The van der Waals surface area contributed by atoms with Crippen molar-refractivity contribution in [1.82, 2.24) is 0 Å². The number of hydrogen-bond acceptors (Lipinski definition) is 2. The van der Waals surface area contributed by atoms with Crippen LogP contribution >= 0.6 is 15.9 Å². The summed E-state index contributed by atoms with van der Waals surface area (Å²) < 4.78 is 12.2. The molecule has 1 aromatic carbocycles. The van der Waals surface area contributed by atoms with Crippen LogP contribution in [0.25, 0.3) is 0 Å². The number of halogens is 1. The van der Waals surface area contributed by atoms with E-state index < -0.39 is 0 Å². The van der Waals surface area contributed by atoms with E-state index in [-0.39, 0.29) is 18.5 Å². The first-order valence-corrected chi connectivity index (χ1v) is 9.07. The van der Waals surface area contributed by atoms with Gasteiger partial charge in [-0.2, -0.15) is 0 Å². The van der Waals surface area contributed by atoms with Gasteiger partial charge in [-0.25, -0.2) is 0 Å². The molecule has 0 radical (unpaired) electrons. The Kier molecular flexibility index (Phi) is 7.37. The summed E-state index contributed by atoms with van der Waals surface area (Å²) in [7, 11) is 0. The predicted octanol–water partition coefficient (Wildman–Crippen LogP) is 5.21. The van der Waals surface area contributed by atoms with Gasteiger partial charge in [-0.15, -0.1) is 13.2 Å². The van der Waals surface area contributed by atoms with E-state index in [1.165, 1.54) is 24.8 Å². The molecule has 3 atom stereocenters. The van der Waals surface area contributed by atoms with E-state index in [1.54, 1.807) is 12.2 Å². The van der Waals surface area contributed by atoms with E-state index in [2.05, 4.69) is 59.4 Å². The van der Waals surface area contributed by atoms with Crippen LogP contribution in [0.5, 0.6) is 0 Å². The summed E-state index contributed by atoms with van der Waals surface area (Å²) in [4.78, 5) is 0. The normalized spacial score (nSPS) is 23.2. The fourth-order valence-electron chi connectivity index (χ4n) is 3.02. The van der Waals surface area contributed by atoms with E-state index >= 15 is 0 Å². The number of rotatable bonds is 8. The fraction of sp³-hybridized carbons (Fsp3) is 0.474. The third-order valence-electron chi connectivity index (χ3n) is 4.16. The van der Waals surface area contributed by atoms with Crippen LogP contribution in [0.2, 0.25) is 0 Å². The highest BCUT2D eigenvalue weighted by Crippen LogP contribution is 2.35. The minimum Gasteiger partial charge on any atom is -0.348 e. The highest BCUT2D eigenvalue weighted by molar-refractivity contribution is 9.09. The molecule has 1 aliphatic rings. The molecule has 1 aromatic rings. The largest absolute Gasteiger partial charge is 0.348 e. The SMILES string of the molecule is C=CC(C=C)OC(CBr)O[C@@H]1CCCC[C@H]1c1ccccc1. The maximum absolute atomic E-state index is 6.28. The summed E-state index contributed by atoms with van der Waals surface area (Å²) in [6, 6.07) is 10.7. The molecule has 0 aliphatic heterocycles. The second-order valence-corrected chi connectivity index (χ2v) is 6.28. The van der Waals surface area contributed by atoms with Crippen LogP contribution in [0.15, 0.2) is 55.6 Å². The Morgan fingerprint density at radius 3 is 2.45 bits per heavy atom. The molecule has 1 fully saturated rings. The van der Waals surface area contributed by atoms with Gasteiger partial charge < -0.3 is 9.47 Å². The second kappa shape index (κ2) is 9.29. The lowest BCUT2D eigenvalue weighted by molar-refractivity contribution is -0.174. The predicted molar refractivity (Wildman–Crippen MR) is 95.4 cm³/mol. The minimum atomic E-state index is -0.282. The van der Waals surface area contributed by atoms with Gasteiger partial charge in [-0.05, 0) is 18.4 Å². The van der Waals surface area contributed by atoms with Gasteiger partial charge in [-0.1, -0.05) is 71.3 Å². The van der Waals surface area contributed by atoms with Crippen LogP contribution < -0.4 is 0 Å². The van der Waals surface area contributed by atoms with Crippen molar-refractivity contribution in [3.8, 4) is 0 Å². The van der Waals surface area contributed by atoms with Crippen molar-refractivity contribution in [2.24, 2.45) is 0 Å². The lowest BCUT2D eigenvalue weighted by atomic mass is 9.81. The molecule has 0 aromatic heterocycles. The molecule has 1 saturated carbocycles. The summed E-state index contributed by atoms with van der Waals surface area (Å²) in [6.07, 6.45) is 7.96. The Balaban J connectivity index is 2.03. The summed E-state index contributed by atoms with van der Waals surface area (Å²) in [5, 5.41) is 0.642. The molecule has 2 nitrogen and oxygen atoms in total. The molecule has 1 unspecified atom stereocenters. The zero-order valence-electron chi connectivity index (χ0n) is 13.0. The van der Waals surface area contributed by atoms with E-state index in [9.17, 15) is 0 Å². The van der Waals surface area contributed by atoms with Crippen molar-refractivity contribution in [3.63, 3.8) is 0 Å². The van der Waals surface area contributed by atoms with Crippen LogP contribution in [-0.2, 0) is 9.47 Å². The molecule has 0 N–H and O–H groups in total. The van der Waals surface area contributed by atoms with Crippen LogP contribution in [0.4, 0.5) is 0 Å². The Bertz CT molecular complexity index is 452. The third kappa shape index (κ3) is 4.80. The monoisotopic (exact) mass is 364 g/mol. The number of ether oxygens (including phenoxy) is 2. The molecule has 3 heteroatoms. The number of benzene rings is 1. The lowest BCUT2D eigenvalue weighted by Crippen LogP contribution is -2.34. The van der Waals surface area contributed by atoms with Crippen LogP contribution in [0.1, 0.15) is 37.2 Å². The Labute approximate surface area is 142 Å². The van der Waals surface area contributed by atoms with Crippen molar-refractivity contribution in [2.45, 2.75) is 50.1 Å². The van der Waals surface area contributed by atoms with Gasteiger partial charge in [0.25, 0.3) is 0 Å². The molecule has 0 heterocycles. The molecular formula is C19H25BrO2. The van der Waals surface area contributed by atoms with Crippen molar-refractivity contribution < 1.29 is 9.47 Å². The number of alkyl halides is 1. The van der Waals surface area contributed by atoms with Gasteiger partial charge in [0.2, 0.25) is 0 Å². The average Bonchev–Trinajstić information content (AvgIpc) is 2.59. The lowest BCUT2D eigenvalue weighted by Gasteiger charge is -2.34. The summed E-state index contributed by atoms with van der Waals surface area (Å²) in [6.45, 7) is 7.52. The highest BCUT2D eigenvalue weighted by Gasteiger charge is 2.29. The maximum atomic E-state index is 6.28. The van der Waals surface area contributed by atoms with Crippen molar-refractivity contribution in [3.05, 3.63) is 61.2 Å². The maximum Gasteiger partial charge on any atom is 0.168 e. The molecule has 0 bridgehead atoms. The van der Waals surface area contributed by atoms with Gasteiger partial charge in [0.15, 0.2) is 6.29 Å². The van der Waals surface area contributed by atoms with Gasteiger partial charge in [-0.3, -0.25) is 0 Å². The third-order valence-corrected chi connectivity index (χ3v) is 4.69. The van der Waals surface area contributed by atoms with Crippen LogP contribution in [-0.4, -0.2) is 23.8 Å². The molecule has 0 saturated heterocycles. The van der Waals surface area contributed by atoms with Gasteiger partial charge in [0.1, 0.15) is 0 Å². The second-order valence-electron chi connectivity index (χ2n) is 5.63. The van der Waals surface area contributed by atoms with Crippen LogP contribution in [0, 0.1) is 0 Å². The van der Waals surface area contributed by atoms with E-state index in [0.29, 0.717) is 11.2 Å². The molecule has 0 spiro atoms. The molecule has 0 amide bonds. The molecule has 120 valence electrons. The van der Waals surface area contributed by atoms with Crippen molar-refractivity contribution in [2.75, 3.05) is 5.33 Å². The standard InChI is InChI=1S/C19H25BrO2/c1-3-16(4-2)21-19(14-20)22-18-13-9-8-12-17(18)15-10-6-5-7-11-15/h3-7,10-11,16-19H,1-2,8-9,12-14H2/t17-,18+,19?/m0/s1. The average molecular weight is 365 g/mol. The summed E-state index contributed by atoms with van der Waals surface area (Å²) in [5.41, 5.74) is 1.37. The van der Waals surface area contributed by atoms with Crippen molar-refractivity contribution in [1.29, 1.82) is 0 Å². The van der Waals surface area contributed by atoms with E-state index in [4.69, 9.17) is 9.47 Å². The van der Waals surface area contributed by atoms with E-state index in [1.807, 2.05) is 0 Å². The minimum absolute atomic E-state index is 0.179. The Morgan fingerprint density at radius 2 is 1.82 bits per heavy atom. The smallest absolute Gasteiger partial charge is 0.168 e. The first-order valence-electron chi connectivity index (χ1n) is 7.95.